The van der Waals surface area contributed by atoms with Crippen LogP contribution in [0.4, 0.5) is 0 Å². The van der Waals surface area contributed by atoms with Crippen LogP contribution in [0.1, 0.15) is 166 Å². The summed E-state index contributed by atoms with van der Waals surface area (Å²) in [6.07, 6.45) is 15.8. The average molecular weight is 846 g/mol. The number of likely N-dealkylation sites (tertiary alicyclic amines) is 1. The number of carbonyl (C=O) groups is 4. The number of nitrogens with zero attached hydrogens (tertiary/aromatic N) is 1. The van der Waals surface area contributed by atoms with Crippen LogP contribution < -0.4 is 21.1 Å². The maximum absolute atomic E-state index is 14.2. The summed E-state index contributed by atoms with van der Waals surface area (Å²) >= 11 is 1.90. The molecule has 0 aromatic carbocycles. The number of fused-ring (bicyclic) bond motifs is 1. The van der Waals surface area contributed by atoms with Crippen LogP contribution in [0.3, 0.4) is 0 Å². The first-order chi connectivity index (χ1) is 27.3. The fourth-order valence-electron chi connectivity index (χ4n) is 11.0. The molecule has 9 nitrogen and oxygen atoms in total. The molecule has 4 amide bonds. The molecule has 58 heavy (non-hydrogen) atoms. The van der Waals surface area contributed by atoms with Gasteiger partial charge in [0.15, 0.2) is 0 Å². The quantitative estimate of drug-likeness (QED) is 0.0854. The van der Waals surface area contributed by atoms with E-state index in [1.807, 2.05) is 25.6 Å². The van der Waals surface area contributed by atoms with Gasteiger partial charge in [-0.3, -0.25) is 19.2 Å². The first-order valence-corrected chi connectivity index (χ1v) is 25.7. The van der Waals surface area contributed by atoms with Gasteiger partial charge >= 0.3 is 0 Å². The summed E-state index contributed by atoms with van der Waals surface area (Å²) in [6.45, 7) is 26.8. The van der Waals surface area contributed by atoms with Crippen LogP contribution in [-0.2, 0) is 19.2 Å². The lowest BCUT2D eigenvalue weighted by Gasteiger charge is -2.40. The normalized spacial score (nSPS) is 28.6. The molecule has 1 aliphatic heterocycles. The highest BCUT2D eigenvalue weighted by Crippen LogP contribution is 2.88. The topological polar surface area (TPSA) is 134 Å². The zero-order valence-corrected chi connectivity index (χ0v) is 39.9. The SMILES string of the molecule is C=C(C(NC(=O)C(NC(=O)CC(C)CCSCC)C1CCCCC1)C(C)(C)C)N1CC2(CC1C(N)=O)C(C)(C)C21CCC1.C=S(NC(=O)C1CC1CC)C1CC1.CC. The fraction of sp³-hybridized carbons (Fsp3) is 0.851. The Labute approximate surface area is 360 Å². The molecular formula is C47H83N5O4S2. The van der Waals surface area contributed by atoms with Crippen LogP contribution in [0.15, 0.2) is 12.3 Å². The number of amides is 4. The zero-order chi connectivity index (χ0) is 43.2. The predicted octanol–water partition coefficient (Wildman–Crippen LogP) is 8.97. The highest BCUT2D eigenvalue weighted by Gasteiger charge is 2.85. The van der Waals surface area contributed by atoms with Crippen molar-refractivity contribution in [1.82, 2.24) is 20.3 Å². The molecule has 11 heteroatoms. The van der Waals surface area contributed by atoms with Crippen molar-refractivity contribution in [2.24, 2.45) is 51.1 Å². The second kappa shape index (κ2) is 20.2. The number of hydrogen-bond donors (Lipinski definition) is 4. The van der Waals surface area contributed by atoms with Gasteiger partial charge in [-0.1, -0.05) is 124 Å². The number of nitrogens with one attached hydrogen (secondary N) is 3. The van der Waals surface area contributed by atoms with Crippen molar-refractivity contribution in [3.8, 4) is 0 Å². The Kier molecular flexibility index (Phi) is 17.0. The van der Waals surface area contributed by atoms with E-state index in [1.165, 1.54) is 38.5 Å². The predicted molar refractivity (Wildman–Crippen MR) is 246 cm³/mol. The Bertz CT molecular complexity index is 1480. The maximum atomic E-state index is 14.2. The van der Waals surface area contributed by atoms with Crippen molar-refractivity contribution in [2.75, 3.05) is 18.1 Å². The Morgan fingerprint density at radius 3 is 2.09 bits per heavy atom. The summed E-state index contributed by atoms with van der Waals surface area (Å²) in [4.78, 5) is 54.0. The number of primary amides is 1. The van der Waals surface area contributed by atoms with E-state index in [9.17, 15) is 19.2 Å². The standard InChI is InChI=1S/C35H60N4O3S.C10H17NOS.C2H6/c1-9-43-19-16-23(2)20-27(40)37-28(25-14-11-10-12-15-25)31(42)38-29(32(4,5)6)24(3)39-22-35(21-26(39)30(36)41)33(7,8)34(35)17-13-18-34;1-3-7-6-9(7)10(12)11-13(2)8-4-5-8;1-2/h23,25-26,28-29H,3,9-22H2,1-2,4-8H3,(H2,36,41)(H,37,40)(H,38,42);7-9H,2-6H2,1H3,(H,11,12);1-2H3. The largest absolute Gasteiger partial charge is 0.368 e. The van der Waals surface area contributed by atoms with Gasteiger partial charge in [0.2, 0.25) is 23.6 Å². The Morgan fingerprint density at radius 1 is 0.966 bits per heavy atom. The molecule has 1 saturated heterocycles. The Morgan fingerprint density at radius 2 is 1.60 bits per heavy atom. The highest BCUT2D eigenvalue weighted by molar-refractivity contribution is 8.13. The molecule has 0 bridgehead atoms. The second-order valence-corrected chi connectivity index (χ2v) is 23.2. The summed E-state index contributed by atoms with van der Waals surface area (Å²) in [5.41, 5.74) is 6.94. The molecule has 5 aliphatic carbocycles. The van der Waals surface area contributed by atoms with Crippen molar-refractivity contribution in [3.63, 3.8) is 0 Å². The number of rotatable bonds is 17. The second-order valence-electron chi connectivity index (χ2n) is 20.0. The van der Waals surface area contributed by atoms with Crippen molar-refractivity contribution >= 4 is 51.9 Å². The van der Waals surface area contributed by atoms with Crippen molar-refractivity contribution in [2.45, 2.75) is 189 Å². The first kappa shape index (κ1) is 48.7. The third-order valence-corrected chi connectivity index (χ3v) is 17.8. The molecule has 332 valence electrons. The molecule has 5 saturated carbocycles. The molecule has 0 radical (unpaired) electrons. The minimum atomic E-state index is -0.569. The van der Waals surface area contributed by atoms with E-state index in [4.69, 9.17) is 5.73 Å². The van der Waals surface area contributed by atoms with E-state index in [0.29, 0.717) is 23.5 Å². The lowest BCUT2D eigenvalue weighted by Crippen LogP contribution is -2.58. The van der Waals surface area contributed by atoms with Crippen LogP contribution >= 0.6 is 22.4 Å². The van der Waals surface area contributed by atoms with E-state index in [-0.39, 0.29) is 67.8 Å². The molecule has 1 heterocycles. The zero-order valence-electron chi connectivity index (χ0n) is 38.2. The summed E-state index contributed by atoms with van der Waals surface area (Å²) in [6, 6.07) is -1.39. The summed E-state index contributed by atoms with van der Waals surface area (Å²) in [5, 5.41) is 7.24. The first-order valence-electron chi connectivity index (χ1n) is 23.1. The van der Waals surface area contributed by atoms with Gasteiger partial charge in [0.05, 0.1) is 6.04 Å². The van der Waals surface area contributed by atoms with E-state index >= 15 is 0 Å². The third kappa shape index (κ3) is 10.7. The van der Waals surface area contributed by atoms with E-state index in [0.717, 1.165) is 75.1 Å². The van der Waals surface area contributed by atoms with Gasteiger partial charge in [-0.15, -0.1) is 0 Å². The van der Waals surface area contributed by atoms with Gasteiger partial charge in [0.25, 0.3) is 0 Å². The molecule has 2 spiro atoms. The molecule has 6 fully saturated rings. The van der Waals surface area contributed by atoms with Crippen LogP contribution in [0.5, 0.6) is 0 Å². The number of hydrogen-bond acceptors (Lipinski definition) is 6. The minimum Gasteiger partial charge on any atom is -0.368 e. The van der Waals surface area contributed by atoms with Crippen molar-refractivity contribution < 1.29 is 19.2 Å². The fourth-order valence-corrected chi connectivity index (χ4v) is 13.1. The van der Waals surface area contributed by atoms with E-state index in [2.05, 4.69) is 88.1 Å². The van der Waals surface area contributed by atoms with Crippen LogP contribution in [0.2, 0.25) is 0 Å². The Hall–Kier alpha value is -2.01. The van der Waals surface area contributed by atoms with Crippen LogP contribution in [-0.4, -0.2) is 75.8 Å². The van der Waals surface area contributed by atoms with Gasteiger partial charge in [0.1, 0.15) is 12.1 Å². The summed E-state index contributed by atoms with van der Waals surface area (Å²) in [7, 11) is -0.0878. The maximum Gasteiger partial charge on any atom is 0.243 e. The van der Waals surface area contributed by atoms with Crippen molar-refractivity contribution in [1.29, 1.82) is 0 Å². The molecule has 6 aliphatic rings. The van der Waals surface area contributed by atoms with Gasteiger partial charge < -0.3 is 26.0 Å². The Balaban J connectivity index is 0.000000414. The highest BCUT2D eigenvalue weighted by atomic mass is 32.2. The molecular weight excluding hydrogens is 763 g/mol. The molecule has 6 rings (SSSR count). The lowest BCUT2D eigenvalue weighted by atomic mass is 9.73. The van der Waals surface area contributed by atoms with Gasteiger partial charge in [0, 0.05) is 35.2 Å². The van der Waals surface area contributed by atoms with E-state index < -0.39 is 18.1 Å². The van der Waals surface area contributed by atoms with Crippen LogP contribution in [0.25, 0.3) is 0 Å². The molecule has 0 aromatic rings. The third-order valence-electron chi connectivity index (χ3n) is 15.2. The van der Waals surface area contributed by atoms with Crippen LogP contribution in [0, 0.1) is 45.3 Å². The molecule has 5 N–H and O–H groups in total. The number of carbonyl (C=O) groups excluding carboxylic acids is 4. The average Bonchev–Trinajstić information content (AvgIpc) is 4.10. The lowest BCUT2D eigenvalue weighted by molar-refractivity contribution is -0.132. The van der Waals surface area contributed by atoms with Gasteiger partial charge in [-0.25, -0.2) is 0 Å². The molecule has 8 atom stereocenters. The summed E-state index contributed by atoms with van der Waals surface area (Å²) < 4.78 is 3.05. The monoisotopic (exact) mass is 846 g/mol. The minimum absolute atomic E-state index is 0.0390. The number of nitrogens with two attached hydrogens (primary N) is 1. The van der Waals surface area contributed by atoms with Gasteiger partial charge in [-0.05, 0) is 103 Å². The summed E-state index contributed by atoms with van der Waals surface area (Å²) in [5.74, 6) is 7.28. The smallest absolute Gasteiger partial charge is 0.243 e. The van der Waals surface area contributed by atoms with E-state index in [1.54, 1.807) is 0 Å². The number of thioether (sulfide) groups is 1. The molecule has 8 unspecified atom stereocenters. The van der Waals surface area contributed by atoms with Crippen molar-refractivity contribution in [3.05, 3.63) is 12.3 Å². The molecule has 0 aromatic heterocycles. The van der Waals surface area contributed by atoms with Gasteiger partial charge in [-0.2, -0.15) is 11.8 Å².